The minimum Gasteiger partial charge on any atom is -0.467 e. The van der Waals surface area contributed by atoms with E-state index in [0.29, 0.717) is 6.42 Å². The first kappa shape index (κ1) is 12.6. The number of carbonyl (C=O) groups is 2. The molecule has 1 saturated heterocycles. The number of amides is 1. The van der Waals surface area contributed by atoms with Gasteiger partial charge in [-0.1, -0.05) is 30.3 Å². The van der Waals surface area contributed by atoms with Gasteiger partial charge in [0.05, 0.1) is 13.2 Å². The summed E-state index contributed by atoms with van der Waals surface area (Å²) in [5.74, 6) is -0.331. The lowest BCUT2D eigenvalue weighted by Crippen LogP contribution is -2.46. The summed E-state index contributed by atoms with van der Waals surface area (Å²) in [6, 6.07) is 9.32. The summed E-state index contributed by atoms with van der Waals surface area (Å²) in [6.07, 6.45) is 3.24. The summed E-state index contributed by atoms with van der Waals surface area (Å²) in [6.45, 7) is 0. The van der Waals surface area contributed by atoms with Gasteiger partial charge in [0.15, 0.2) is 0 Å². The first-order chi connectivity index (χ1) is 8.77. The third-order valence-corrected chi connectivity index (χ3v) is 3.45. The molecule has 0 spiro atoms. The van der Waals surface area contributed by atoms with E-state index in [0.717, 1.165) is 24.8 Å². The number of benzene rings is 1. The maximum absolute atomic E-state index is 11.7. The number of ether oxygens (including phenoxy) is 1. The van der Waals surface area contributed by atoms with Gasteiger partial charge in [0.25, 0.3) is 0 Å². The molecule has 1 amide bonds. The number of methoxy groups -OCH3 is 1. The zero-order valence-corrected chi connectivity index (χ0v) is 10.4. The van der Waals surface area contributed by atoms with Crippen LogP contribution in [0, 0.1) is 0 Å². The Bertz CT molecular complexity index is 418. The van der Waals surface area contributed by atoms with Crippen LogP contribution >= 0.6 is 0 Å². The zero-order chi connectivity index (χ0) is 13.0. The molecule has 1 aliphatic rings. The predicted octanol–water partition coefficient (Wildman–Crippen LogP) is 1.91. The van der Waals surface area contributed by atoms with Crippen molar-refractivity contribution in [3.8, 4) is 0 Å². The number of carbonyl (C=O) groups excluding carboxylic acids is 2. The van der Waals surface area contributed by atoms with Crippen LogP contribution in [0.1, 0.15) is 30.9 Å². The summed E-state index contributed by atoms with van der Waals surface area (Å²) < 4.78 is 4.77. The Kier molecular flexibility index (Phi) is 3.97. The molecule has 96 valence electrons. The van der Waals surface area contributed by atoms with E-state index < -0.39 is 6.04 Å². The Morgan fingerprint density at radius 3 is 2.67 bits per heavy atom. The highest BCUT2D eigenvalue weighted by Gasteiger charge is 2.35. The van der Waals surface area contributed by atoms with Crippen molar-refractivity contribution in [1.82, 2.24) is 4.90 Å². The highest BCUT2D eigenvalue weighted by Crippen LogP contribution is 2.33. The van der Waals surface area contributed by atoms with Crippen LogP contribution in [0.15, 0.2) is 30.3 Å². The molecule has 0 bridgehead atoms. The van der Waals surface area contributed by atoms with Crippen molar-refractivity contribution in [2.24, 2.45) is 0 Å². The molecule has 1 fully saturated rings. The fraction of sp³-hybridized carbons (Fsp3) is 0.429. The topological polar surface area (TPSA) is 46.6 Å². The second-order valence-corrected chi connectivity index (χ2v) is 4.45. The predicted molar refractivity (Wildman–Crippen MR) is 66.7 cm³/mol. The zero-order valence-electron chi connectivity index (χ0n) is 10.4. The van der Waals surface area contributed by atoms with Crippen LogP contribution in [0.5, 0.6) is 0 Å². The molecule has 1 heterocycles. The molecule has 0 radical (unpaired) electrons. The molecular weight excluding hydrogens is 230 g/mol. The Hall–Kier alpha value is -1.84. The van der Waals surface area contributed by atoms with Crippen molar-refractivity contribution in [2.75, 3.05) is 7.11 Å². The molecule has 0 unspecified atom stereocenters. The van der Waals surface area contributed by atoms with E-state index >= 15 is 0 Å². The molecular formula is C14H17NO3. The van der Waals surface area contributed by atoms with E-state index in [1.54, 1.807) is 4.90 Å². The molecule has 4 nitrogen and oxygen atoms in total. The second kappa shape index (κ2) is 5.67. The van der Waals surface area contributed by atoms with Gasteiger partial charge in [-0.15, -0.1) is 0 Å². The van der Waals surface area contributed by atoms with Gasteiger partial charge in [0, 0.05) is 0 Å². The first-order valence-corrected chi connectivity index (χ1v) is 6.13. The van der Waals surface area contributed by atoms with Gasteiger partial charge in [-0.3, -0.25) is 4.79 Å². The van der Waals surface area contributed by atoms with Crippen LogP contribution in [0.2, 0.25) is 0 Å². The van der Waals surface area contributed by atoms with E-state index in [4.69, 9.17) is 4.74 Å². The molecule has 18 heavy (non-hydrogen) atoms. The van der Waals surface area contributed by atoms with Crippen LogP contribution in [0.3, 0.4) is 0 Å². The Labute approximate surface area is 107 Å². The number of rotatable bonds is 3. The highest BCUT2D eigenvalue weighted by atomic mass is 16.5. The van der Waals surface area contributed by atoms with Crippen molar-refractivity contribution in [3.63, 3.8) is 0 Å². The van der Waals surface area contributed by atoms with Crippen molar-refractivity contribution < 1.29 is 14.3 Å². The number of esters is 1. The molecule has 1 aliphatic heterocycles. The molecule has 2 atom stereocenters. The Morgan fingerprint density at radius 2 is 2.06 bits per heavy atom. The van der Waals surface area contributed by atoms with E-state index in [9.17, 15) is 9.59 Å². The van der Waals surface area contributed by atoms with Gasteiger partial charge >= 0.3 is 5.97 Å². The SMILES string of the molecule is COC(=O)[C@H]1CCC[C@@H](c2ccccc2)N1C=O. The minimum atomic E-state index is -0.452. The monoisotopic (exact) mass is 247 g/mol. The van der Waals surface area contributed by atoms with E-state index in [1.165, 1.54) is 7.11 Å². The lowest BCUT2D eigenvalue weighted by atomic mass is 9.91. The highest BCUT2D eigenvalue weighted by molar-refractivity contribution is 5.78. The van der Waals surface area contributed by atoms with Gasteiger partial charge in [-0.2, -0.15) is 0 Å². The second-order valence-electron chi connectivity index (χ2n) is 4.45. The molecule has 0 N–H and O–H groups in total. The van der Waals surface area contributed by atoms with Gasteiger partial charge in [-0.25, -0.2) is 4.79 Å². The van der Waals surface area contributed by atoms with Crippen LogP contribution in [-0.4, -0.2) is 30.4 Å². The quantitative estimate of drug-likeness (QED) is 0.605. The first-order valence-electron chi connectivity index (χ1n) is 6.13. The third kappa shape index (κ3) is 2.37. The normalized spacial score (nSPS) is 23.5. The van der Waals surface area contributed by atoms with Crippen molar-refractivity contribution in [2.45, 2.75) is 31.3 Å². The van der Waals surface area contributed by atoms with Gasteiger partial charge in [0.2, 0.25) is 6.41 Å². The van der Waals surface area contributed by atoms with E-state index in [2.05, 4.69) is 0 Å². The van der Waals surface area contributed by atoms with E-state index in [-0.39, 0.29) is 12.0 Å². The smallest absolute Gasteiger partial charge is 0.328 e. The maximum atomic E-state index is 11.7. The summed E-state index contributed by atoms with van der Waals surface area (Å²) in [4.78, 5) is 24.6. The Morgan fingerprint density at radius 1 is 1.33 bits per heavy atom. The van der Waals surface area contributed by atoms with Crippen LogP contribution in [0.25, 0.3) is 0 Å². The summed E-state index contributed by atoms with van der Waals surface area (Å²) in [5, 5.41) is 0. The number of likely N-dealkylation sites (tertiary alicyclic amines) is 1. The lowest BCUT2D eigenvalue weighted by molar-refractivity contribution is -0.153. The van der Waals surface area contributed by atoms with E-state index in [1.807, 2.05) is 30.3 Å². The molecule has 0 aliphatic carbocycles. The largest absolute Gasteiger partial charge is 0.467 e. The molecule has 1 aromatic rings. The van der Waals surface area contributed by atoms with Crippen LogP contribution < -0.4 is 0 Å². The van der Waals surface area contributed by atoms with Gasteiger partial charge in [0.1, 0.15) is 6.04 Å². The van der Waals surface area contributed by atoms with Gasteiger partial charge < -0.3 is 9.64 Å². The molecule has 1 aromatic carbocycles. The molecule has 4 heteroatoms. The summed E-state index contributed by atoms with van der Waals surface area (Å²) >= 11 is 0. The van der Waals surface area contributed by atoms with Crippen molar-refractivity contribution >= 4 is 12.4 Å². The van der Waals surface area contributed by atoms with Crippen molar-refractivity contribution in [1.29, 1.82) is 0 Å². The molecule has 0 aromatic heterocycles. The van der Waals surface area contributed by atoms with Crippen LogP contribution in [0.4, 0.5) is 0 Å². The molecule has 2 rings (SSSR count). The van der Waals surface area contributed by atoms with Gasteiger partial charge in [-0.05, 0) is 24.8 Å². The maximum Gasteiger partial charge on any atom is 0.328 e. The van der Waals surface area contributed by atoms with Crippen molar-refractivity contribution in [3.05, 3.63) is 35.9 Å². The average molecular weight is 247 g/mol. The lowest BCUT2D eigenvalue weighted by Gasteiger charge is -2.38. The number of hydrogen-bond acceptors (Lipinski definition) is 3. The fourth-order valence-electron chi connectivity index (χ4n) is 2.56. The van der Waals surface area contributed by atoms with Crippen LogP contribution in [-0.2, 0) is 14.3 Å². The Balaban J connectivity index is 2.25. The number of nitrogens with zero attached hydrogens (tertiary/aromatic N) is 1. The fourth-order valence-corrected chi connectivity index (χ4v) is 2.56. The number of hydrogen-bond donors (Lipinski definition) is 0. The third-order valence-electron chi connectivity index (χ3n) is 3.45. The summed E-state index contributed by atoms with van der Waals surface area (Å²) in [5.41, 5.74) is 1.07. The molecule has 0 saturated carbocycles. The summed E-state index contributed by atoms with van der Waals surface area (Å²) in [7, 11) is 1.36. The average Bonchev–Trinajstić information content (AvgIpc) is 2.46. The standard InChI is InChI=1S/C14H17NO3/c1-18-14(17)13-9-5-8-12(15(13)10-16)11-6-3-2-4-7-11/h2-4,6-7,10,12-13H,5,8-9H2,1H3/t12-,13+/m0/s1. The number of piperidine rings is 1. The minimum absolute atomic E-state index is 0.0263.